The minimum absolute atomic E-state index is 0.399. The van der Waals surface area contributed by atoms with E-state index in [4.69, 9.17) is 4.43 Å². The zero-order valence-corrected chi connectivity index (χ0v) is 10.7. The Kier molecular flexibility index (Phi) is 2.93. The molecule has 2 aliphatic rings. The van der Waals surface area contributed by atoms with Gasteiger partial charge in [0.2, 0.25) is 0 Å². The third kappa shape index (κ3) is 2.01. The predicted octanol–water partition coefficient (Wildman–Crippen LogP) is 2.37. The van der Waals surface area contributed by atoms with Crippen molar-refractivity contribution < 1.29 is 4.43 Å². The van der Waals surface area contributed by atoms with Crippen molar-refractivity contribution in [2.24, 2.45) is 11.3 Å². The molecule has 1 nitrogen and oxygen atoms in total. The van der Waals surface area contributed by atoms with Crippen molar-refractivity contribution in [3.8, 4) is 0 Å². The number of hydrogen-bond acceptors (Lipinski definition) is 1. The molecule has 0 N–H and O–H groups in total. The fraction of sp³-hybridized carbons (Fsp3) is 0.667. The quantitative estimate of drug-likeness (QED) is 0.509. The summed E-state index contributed by atoms with van der Waals surface area (Å²) >= 11 is 0. The Morgan fingerprint density at radius 1 is 1.71 bits per heavy atom. The molecule has 2 unspecified atom stereocenters. The third-order valence-electron chi connectivity index (χ3n) is 3.62. The van der Waals surface area contributed by atoms with Crippen molar-refractivity contribution in [2.45, 2.75) is 33.1 Å². The second kappa shape index (κ2) is 4.03. The highest BCUT2D eigenvalue weighted by Gasteiger charge is 2.40. The Bertz CT molecular complexity index is 269. The van der Waals surface area contributed by atoms with Gasteiger partial charge in [-0.1, -0.05) is 23.4 Å². The van der Waals surface area contributed by atoms with Gasteiger partial charge in [-0.2, -0.15) is 0 Å². The molecule has 0 amide bonds. The van der Waals surface area contributed by atoms with Gasteiger partial charge < -0.3 is 4.43 Å². The van der Waals surface area contributed by atoms with Crippen LogP contribution in [0.5, 0.6) is 0 Å². The van der Waals surface area contributed by atoms with Gasteiger partial charge in [0.05, 0.1) is 0 Å². The van der Waals surface area contributed by atoms with E-state index < -0.39 is 9.76 Å². The maximum atomic E-state index is 5.91. The Morgan fingerprint density at radius 3 is 3.07 bits per heavy atom. The van der Waals surface area contributed by atoms with Crippen molar-refractivity contribution in [1.82, 2.24) is 0 Å². The SMILES string of the molecule is CC=C(C)[SiH2]OCC12C=CC(CC1)C2. The van der Waals surface area contributed by atoms with E-state index in [1.165, 1.54) is 24.5 Å². The molecule has 1 fully saturated rings. The minimum Gasteiger partial charge on any atom is -0.418 e. The molecule has 2 bridgehead atoms. The van der Waals surface area contributed by atoms with E-state index >= 15 is 0 Å². The van der Waals surface area contributed by atoms with Gasteiger partial charge in [0.25, 0.3) is 0 Å². The van der Waals surface area contributed by atoms with Crippen molar-refractivity contribution in [2.75, 3.05) is 6.61 Å². The lowest BCUT2D eigenvalue weighted by atomic mass is 9.89. The van der Waals surface area contributed by atoms with Crippen molar-refractivity contribution in [1.29, 1.82) is 0 Å². The zero-order valence-electron chi connectivity index (χ0n) is 9.25. The van der Waals surface area contributed by atoms with Crippen molar-refractivity contribution in [3.63, 3.8) is 0 Å². The zero-order chi connectivity index (χ0) is 10.0. The highest BCUT2D eigenvalue weighted by atomic mass is 28.2. The van der Waals surface area contributed by atoms with E-state index in [-0.39, 0.29) is 0 Å². The molecule has 78 valence electrons. The first-order valence-corrected chi connectivity index (χ1v) is 6.91. The standard InChI is InChI=1S/C12H20OSi/c1-3-10(2)14-13-9-12-6-4-11(8-12)5-7-12/h3-4,6,11H,5,7-9,14H2,1-2H3. The molecule has 0 heterocycles. The summed E-state index contributed by atoms with van der Waals surface area (Å²) in [6.45, 7) is 5.27. The van der Waals surface area contributed by atoms with Gasteiger partial charge in [-0.15, -0.1) is 0 Å². The highest BCUT2D eigenvalue weighted by Crippen LogP contribution is 2.49. The molecule has 0 saturated heterocycles. The van der Waals surface area contributed by atoms with E-state index in [1.54, 1.807) is 0 Å². The summed E-state index contributed by atoms with van der Waals surface area (Å²) in [5.74, 6) is 0.878. The Balaban J connectivity index is 1.78. The molecule has 0 aliphatic heterocycles. The summed E-state index contributed by atoms with van der Waals surface area (Å²) in [5, 5.41) is 1.47. The van der Waals surface area contributed by atoms with Crippen LogP contribution in [0.1, 0.15) is 33.1 Å². The number of rotatable bonds is 4. The first-order chi connectivity index (χ1) is 6.74. The van der Waals surface area contributed by atoms with Crippen LogP contribution in [0.25, 0.3) is 0 Å². The lowest BCUT2D eigenvalue weighted by Gasteiger charge is -2.23. The third-order valence-corrected chi connectivity index (χ3v) is 4.89. The molecule has 1 saturated carbocycles. The summed E-state index contributed by atoms with van der Waals surface area (Å²) in [7, 11) is -0.399. The number of hydrogen-bond donors (Lipinski definition) is 0. The molecule has 0 aromatic carbocycles. The van der Waals surface area contributed by atoms with Crippen LogP contribution in [0.4, 0.5) is 0 Å². The van der Waals surface area contributed by atoms with E-state index in [0.717, 1.165) is 12.5 Å². The Labute approximate surface area is 89.2 Å². The van der Waals surface area contributed by atoms with E-state index in [0.29, 0.717) is 5.41 Å². The average Bonchev–Trinajstić information content (AvgIpc) is 2.77. The summed E-state index contributed by atoms with van der Waals surface area (Å²) in [4.78, 5) is 0. The summed E-state index contributed by atoms with van der Waals surface area (Å²) < 4.78 is 5.91. The topological polar surface area (TPSA) is 9.23 Å². The van der Waals surface area contributed by atoms with Gasteiger partial charge in [-0.05, 0) is 39.0 Å². The lowest BCUT2D eigenvalue weighted by molar-refractivity contribution is 0.207. The summed E-state index contributed by atoms with van der Waals surface area (Å²) in [6, 6.07) is 0. The maximum Gasteiger partial charge on any atom is 0.187 e. The molecule has 2 rings (SSSR count). The average molecular weight is 208 g/mol. The summed E-state index contributed by atoms with van der Waals surface area (Å²) in [6.07, 6.45) is 11.1. The first kappa shape index (κ1) is 10.2. The van der Waals surface area contributed by atoms with Gasteiger partial charge >= 0.3 is 0 Å². The molecule has 0 aromatic heterocycles. The van der Waals surface area contributed by atoms with Gasteiger partial charge in [0.1, 0.15) is 0 Å². The highest BCUT2D eigenvalue weighted by molar-refractivity contribution is 6.37. The molecule has 2 aliphatic carbocycles. The van der Waals surface area contributed by atoms with Gasteiger partial charge in [-0.3, -0.25) is 0 Å². The fourth-order valence-corrected chi connectivity index (χ4v) is 3.53. The molecule has 14 heavy (non-hydrogen) atoms. The second-order valence-electron chi connectivity index (χ2n) is 4.85. The maximum absolute atomic E-state index is 5.91. The normalized spacial score (nSPS) is 36.4. The van der Waals surface area contributed by atoms with Crippen LogP contribution < -0.4 is 0 Å². The van der Waals surface area contributed by atoms with E-state index in [9.17, 15) is 0 Å². The Morgan fingerprint density at radius 2 is 2.57 bits per heavy atom. The van der Waals surface area contributed by atoms with Gasteiger partial charge in [0.15, 0.2) is 9.76 Å². The molecule has 2 atom stereocenters. The minimum atomic E-state index is -0.399. The molecule has 0 spiro atoms. The van der Waals surface area contributed by atoms with Crippen LogP contribution in [0.3, 0.4) is 0 Å². The van der Waals surface area contributed by atoms with Crippen molar-refractivity contribution in [3.05, 3.63) is 23.4 Å². The largest absolute Gasteiger partial charge is 0.418 e. The second-order valence-corrected chi connectivity index (χ2v) is 6.66. The molecule has 0 radical (unpaired) electrons. The fourth-order valence-electron chi connectivity index (χ4n) is 2.53. The number of allylic oxidation sites excluding steroid dienone is 3. The van der Waals surface area contributed by atoms with Crippen LogP contribution in [-0.2, 0) is 4.43 Å². The smallest absolute Gasteiger partial charge is 0.187 e. The van der Waals surface area contributed by atoms with E-state index in [1.807, 2.05) is 0 Å². The first-order valence-electron chi connectivity index (χ1n) is 5.63. The van der Waals surface area contributed by atoms with Crippen LogP contribution in [-0.4, -0.2) is 16.4 Å². The Hall–Kier alpha value is -0.343. The van der Waals surface area contributed by atoms with Gasteiger partial charge in [-0.25, -0.2) is 0 Å². The van der Waals surface area contributed by atoms with Crippen LogP contribution in [0.15, 0.2) is 23.4 Å². The molecule has 2 heteroatoms. The predicted molar refractivity (Wildman–Crippen MR) is 62.8 cm³/mol. The number of fused-ring (bicyclic) bond motifs is 2. The lowest BCUT2D eigenvalue weighted by Crippen LogP contribution is -2.21. The molecular formula is C12H20OSi. The summed E-state index contributed by atoms with van der Waals surface area (Å²) in [5.41, 5.74) is 0.450. The monoisotopic (exact) mass is 208 g/mol. The van der Waals surface area contributed by atoms with Gasteiger partial charge in [0, 0.05) is 12.0 Å². The van der Waals surface area contributed by atoms with E-state index in [2.05, 4.69) is 32.1 Å². The van der Waals surface area contributed by atoms with Crippen molar-refractivity contribution >= 4 is 9.76 Å². The molecule has 0 aromatic rings. The van der Waals surface area contributed by atoms with Crippen LogP contribution >= 0.6 is 0 Å². The van der Waals surface area contributed by atoms with Crippen LogP contribution in [0.2, 0.25) is 0 Å². The molecular weight excluding hydrogens is 188 g/mol. The van der Waals surface area contributed by atoms with Crippen LogP contribution in [0, 0.1) is 11.3 Å².